The molecule has 0 amide bonds. The lowest BCUT2D eigenvalue weighted by atomic mass is 10.1. The first kappa shape index (κ1) is 17.9. The van der Waals surface area contributed by atoms with E-state index in [2.05, 4.69) is 63.9 Å². The van der Waals surface area contributed by atoms with Crippen LogP contribution < -0.4 is 0 Å². The van der Waals surface area contributed by atoms with Gasteiger partial charge in [-0.05, 0) is 25.5 Å². The van der Waals surface area contributed by atoms with Gasteiger partial charge in [0.25, 0.3) is 0 Å². The largest absolute Gasteiger partial charge is 0.379 e. The molecule has 0 saturated carbocycles. The molecule has 0 aliphatic carbocycles. The van der Waals surface area contributed by atoms with Crippen LogP contribution >= 0.6 is 0 Å². The maximum absolute atomic E-state index is 5.48. The number of aromatic nitrogens is 4. The van der Waals surface area contributed by atoms with Gasteiger partial charge in [0.15, 0.2) is 0 Å². The SMILES string of the molecule is CC[C@@H](CN1CCOCC1)n1cncc1-c1cnn(-c2ccc(C)cc2)c1. The molecule has 1 fully saturated rings. The summed E-state index contributed by atoms with van der Waals surface area (Å²) in [4.78, 5) is 6.92. The van der Waals surface area contributed by atoms with E-state index in [9.17, 15) is 0 Å². The lowest BCUT2D eigenvalue weighted by Gasteiger charge is -2.31. The summed E-state index contributed by atoms with van der Waals surface area (Å²) in [6.07, 6.45) is 8.97. The molecule has 1 aliphatic heterocycles. The van der Waals surface area contributed by atoms with Crippen molar-refractivity contribution in [3.8, 4) is 16.9 Å². The Kier molecular flexibility index (Phi) is 5.36. The molecule has 0 radical (unpaired) electrons. The molecule has 1 atom stereocenters. The summed E-state index contributed by atoms with van der Waals surface area (Å²) in [7, 11) is 0. The van der Waals surface area contributed by atoms with Gasteiger partial charge in [0.2, 0.25) is 0 Å². The van der Waals surface area contributed by atoms with E-state index in [1.54, 1.807) is 0 Å². The van der Waals surface area contributed by atoms with Gasteiger partial charge in [-0.15, -0.1) is 0 Å². The minimum absolute atomic E-state index is 0.392. The van der Waals surface area contributed by atoms with Crippen LogP contribution in [0.15, 0.2) is 49.2 Å². The number of benzene rings is 1. The normalized spacial score (nSPS) is 16.5. The number of aryl methyl sites for hydroxylation is 1. The quantitative estimate of drug-likeness (QED) is 0.672. The summed E-state index contributed by atoms with van der Waals surface area (Å²) in [5.74, 6) is 0. The van der Waals surface area contributed by atoms with Crippen molar-refractivity contribution < 1.29 is 4.74 Å². The zero-order valence-corrected chi connectivity index (χ0v) is 16.1. The topological polar surface area (TPSA) is 48.1 Å². The molecule has 142 valence electrons. The van der Waals surface area contributed by atoms with Gasteiger partial charge in [0.1, 0.15) is 0 Å². The smallest absolute Gasteiger partial charge is 0.0954 e. The first-order valence-corrected chi connectivity index (χ1v) is 9.68. The monoisotopic (exact) mass is 365 g/mol. The highest BCUT2D eigenvalue weighted by Crippen LogP contribution is 2.25. The molecule has 4 rings (SSSR count). The van der Waals surface area contributed by atoms with Crippen LogP contribution in [0.25, 0.3) is 16.9 Å². The first-order chi connectivity index (χ1) is 13.2. The van der Waals surface area contributed by atoms with Crippen molar-refractivity contribution in [2.24, 2.45) is 0 Å². The van der Waals surface area contributed by atoms with Gasteiger partial charge >= 0.3 is 0 Å². The van der Waals surface area contributed by atoms with Crippen LogP contribution in [0.5, 0.6) is 0 Å². The third-order valence-corrected chi connectivity index (χ3v) is 5.28. The lowest BCUT2D eigenvalue weighted by Crippen LogP contribution is -2.39. The fourth-order valence-electron chi connectivity index (χ4n) is 3.61. The predicted molar refractivity (Wildman–Crippen MR) is 106 cm³/mol. The highest BCUT2D eigenvalue weighted by Gasteiger charge is 2.20. The third kappa shape index (κ3) is 3.96. The number of ether oxygens (including phenoxy) is 1. The number of imidazole rings is 1. The van der Waals surface area contributed by atoms with Gasteiger partial charge < -0.3 is 9.30 Å². The standard InChI is InChI=1S/C21H27N5O/c1-3-19(15-24-8-10-27-11-9-24)25-16-22-13-21(25)18-12-23-26(14-18)20-6-4-17(2)5-7-20/h4-7,12-14,16,19H,3,8-11,15H2,1-2H3/t19-/m0/s1. The number of morpholine rings is 1. The summed E-state index contributed by atoms with van der Waals surface area (Å²) in [5, 5.41) is 4.56. The maximum Gasteiger partial charge on any atom is 0.0954 e. The summed E-state index contributed by atoms with van der Waals surface area (Å²) in [5.41, 5.74) is 4.53. The molecule has 1 saturated heterocycles. The first-order valence-electron chi connectivity index (χ1n) is 9.68. The predicted octanol–water partition coefficient (Wildman–Crippen LogP) is 3.33. The lowest BCUT2D eigenvalue weighted by molar-refractivity contribution is 0.0313. The Hall–Kier alpha value is -2.44. The average Bonchev–Trinajstić information content (AvgIpc) is 3.37. The number of nitrogens with zero attached hydrogens (tertiary/aromatic N) is 5. The minimum Gasteiger partial charge on any atom is -0.379 e. The summed E-state index contributed by atoms with van der Waals surface area (Å²) in [6.45, 7) is 9.03. The zero-order valence-electron chi connectivity index (χ0n) is 16.1. The van der Waals surface area contributed by atoms with E-state index in [1.165, 1.54) is 5.56 Å². The van der Waals surface area contributed by atoms with E-state index in [0.717, 1.165) is 56.2 Å². The molecule has 1 aliphatic rings. The maximum atomic E-state index is 5.48. The summed E-state index contributed by atoms with van der Waals surface area (Å²) < 4.78 is 9.70. The van der Waals surface area contributed by atoms with E-state index in [-0.39, 0.29) is 0 Å². The molecule has 0 bridgehead atoms. The summed E-state index contributed by atoms with van der Waals surface area (Å²) >= 11 is 0. The Morgan fingerprint density at radius 3 is 2.63 bits per heavy atom. The highest BCUT2D eigenvalue weighted by molar-refractivity contribution is 5.58. The highest BCUT2D eigenvalue weighted by atomic mass is 16.5. The molecular weight excluding hydrogens is 338 g/mol. The van der Waals surface area contributed by atoms with Gasteiger partial charge in [-0.1, -0.05) is 24.6 Å². The number of hydrogen-bond donors (Lipinski definition) is 0. The van der Waals surface area contributed by atoms with Crippen LogP contribution in [0.4, 0.5) is 0 Å². The van der Waals surface area contributed by atoms with E-state index in [0.29, 0.717) is 6.04 Å². The van der Waals surface area contributed by atoms with Crippen LogP contribution in [-0.4, -0.2) is 57.1 Å². The molecule has 0 spiro atoms. The Bertz CT molecular complexity index is 861. The van der Waals surface area contributed by atoms with E-state index in [1.807, 2.05) is 23.4 Å². The molecule has 27 heavy (non-hydrogen) atoms. The number of hydrogen-bond acceptors (Lipinski definition) is 4. The van der Waals surface area contributed by atoms with Crippen molar-refractivity contribution in [3.63, 3.8) is 0 Å². The van der Waals surface area contributed by atoms with Gasteiger partial charge in [0, 0.05) is 37.4 Å². The molecule has 6 heteroatoms. The van der Waals surface area contributed by atoms with E-state index in [4.69, 9.17) is 4.74 Å². The second-order valence-electron chi connectivity index (χ2n) is 7.17. The molecule has 3 heterocycles. The molecule has 0 unspecified atom stereocenters. The van der Waals surface area contributed by atoms with Crippen molar-refractivity contribution in [3.05, 3.63) is 54.7 Å². The average molecular weight is 365 g/mol. The van der Waals surface area contributed by atoms with Crippen molar-refractivity contribution in [1.29, 1.82) is 0 Å². The van der Waals surface area contributed by atoms with Crippen LogP contribution in [0.1, 0.15) is 24.9 Å². The van der Waals surface area contributed by atoms with Gasteiger partial charge in [-0.3, -0.25) is 4.90 Å². The molecule has 6 nitrogen and oxygen atoms in total. The Labute approximate surface area is 160 Å². The molecular formula is C21H27N5O. The van der Waals surface area contributed by atoms with E-state index >= 15 is 0 Å². The van der Waals surface area contributed by atoms with Crippen molar-refractivity contribution >= 4 is 0 Å². The minimum atomic E-state index is 0.392. The van der Waals surface area contributed by atoms with Crippen LogP contribution in [-0.2, 0) is 4.74 Å². The second kappa shape index (κ2) is 8.06. The fourth-order valence-corrected chi connectivity index (χ4v) is 3.61. The van der Waals surface area contributed by atoms with Crippen molar-refractivity contribution in [1.82, 2.24) is 24.2 Å². The van der Waals surface area contributed by atoms with E-state index < -0.39 is 0 Å². The van der Waals surface area contributed by atoms with Crippen LogP contribution in [0.2, 0.25) is 0 Å². The van der Waals surface area contributed by atoms with Crippen molar-refractivity contribution in [2.45, 2.75) is 26.3 Å². The Balaban J connectivity index is 1.56. The fraction of sp³-hybridized carbons (Fsp3) is 0.429. The second-order valence-corrected chi connectivity index (χ2v) is 7.17. The van der Waals surface area contributed by atoms with Gasteiger partial charge in [-0.2, -0.15) is 5.10 Å². The summed E-state index contributed by atoms with van der Waals surface area (Å²) in [6, 6.07) is 8.79. The van der Waals surface area contributed by atoms with Gasteiger partial charge in [0.05, 0.1) is 43.3 Å². The van der Waals surface area contributed by atoms with Crippen molar-refractivity contribution in [2.75, 3.05) is 32.8 Å². The Morgan fingerprint density at radius 2 is 1.89 bits per heavy atom. The third-order valence-electron chi connectivity index (χ3n) is 5.28. The molecule has 3 aromatic rings. The zero-order chi connectivity index (χ0) is 18.6. The molecule has 1 aromatic carbocycles. The Morgan fingerprint density at radius 1 is 1.11 bits per heavy atom. The van der Waals surface area contributed by atoms with Gasteiger partial charge in [-0.25, -0.2) is 9.67 Å². The molecule has 2 aromatic heterocycles. The van der Waals surface area contributed by atoms with Crippen LogP contribution in [0, 0.1) is 6.92 Å². The molecule has 0 N–H and O–H groups in total. The number of rotatable bonds is 6. The van der Waals surface area contributed by atoms with Crippen LogP contribution in [0.3, 0.4) is 0 Å².